The third-order valence-corrected chi connectivity index (χ3v) is 26.5. The zero-order chi connectivity index (χ0) is 97.4. The van der Waals surface area contributed by atoms with Gasteiger partial charge in [-0.1, -0.05) is 0 Å². The van der Waals surface area contributed by atoms with Gasteiger partial charge in [-0.15, -0.1) is 0 Å². The summed E-state index contributed by atoms with van der Waals surface area (Å²) in [5.74, 6) is 8.23. The Bertz CT molecular complexity index is 6510. The highest BCUT2D eigenvalue weighted by molar-refractivity contribution is 7.90. The Kier molecular flexibility index (Phi) is 30.0. The van der Waals surface area contributed by atoms with Gasteiger partial charge in [0.1, 0.15) is 49.5 Å². The average molecular weight is 1930 g/mol. The number of aliphatic hydroxyl groups is 2. The van der Waals surface area contributed by atoms with E-state index in [4.69, 9.17) is 83.2 Å². The fraction of sp³-hybridized carbons (Fsp3) is 0.495. The molecule has 0 radical (unpaired) electrons. The van der Waals surface area contributed by atoms with Gasteiger partial charge in [0, 0.05) is 169 Å². The molecule has 8 aromatic heterocycles. The zero-order valence-corrected chi connectivity index (χ0v) is 81.0. The van der Waals surface area contributed by atoms with Crippen LogP contribution in [0.5, 0.6) is 0 Å². The van der Waals surface area contributed by atoms with E-state index in [9.17, 15) is 37.8 Å². The normalized spacial score (nSPS) is 19.2. The number of hydrogen-bond donors (Lipinski definition) is 11. The number of anilines is 8. The predicted molar refractivity (Wildman–Crippen MR) is 528 cm³/mol. The molecular weight excluding hydrogens is 1800 g/mol. The number of rotatable bonds is 23. The fourth-order valence-electron chi connectivity index (χ4n) is 17.7. The quantitative estimate of drug-likeness (QED) is 0.0285. The molecule has 8 amide bonds. The van der Waals surface area contributed by atoms with Gasteiger partial charge in [0.25, 0.3) is 0 Å². The molecule has 0 unspecified atom stereocenters. The van der Waals surface area contributed by atoms with E-state index in [0.29, 0.717) is 224 Å². The van der Waals surface area contributed by atoms with Crippen molar-refractivity contribution in [3.8, 4) is 45.6 Å². The first-order valence-corrected chi connectivity index (χ1v) is 49.7. The summed E-state index contributed by atoms with van der Waals surface area (Å²) in [6, 6.07) is 29.2. The van der Waals surface area contributed by atoms with Crippen LogP contribution < -0.4 is 67.5 Å². The van der Waals surface area contributed by atoms with E-state index in [2.05, 4.69) is 112 Å². The highest BCUT2D eigenvalue weighted by atomic mass is 32.2. The van der Waals surface area contributed by atoms with Crippen molar-refractivity contribution in [3.05, 3.63) is 121 Å². The third-order valence-electron chi connectivity index (χ3n) is 25.6. The van der Waals surface area contributed by atoms with E-state index in [0.717, 1.165) is 99.4 Å². The summed E-state index contributed by atoms with van der Waals surface area (Å²) in [7, 11) is 0.624. The smallest absolute Gasteiger partial charge is 0.319 e. The molecule has 1 aliphatic carbocycles. The SMILES string of the molecule is CCNC(=O)Nc1ccc(-c2nc(N3CCOC[C@@H]3C)c3nc(C4(O)CCOCC4)n(CC)c3n2)cc1.CCNC(=O)Nc1ccc(-c2nc(N3CCOC[C@@H]3C)c3nc(C4(O)CNC4)n(C)c3n2)cc1.CCn1c(C2CC2)nc2c(N3CCOC[C@@H]3C)nc(-c3ccc(NC(=O)NC4COC4)cc3)nc21.C[C@H]1COCCN1c1nc(-c2ccc(NC(=O)NCCS(C)(=O)=O)cc2)nc2cnn(C)c12. The van der Waals surface area contributed by atoms with Gasteiger partial charge in [-0.2, -0.15) is 5.10 Å². The molecule has 8 aliphatic rings. The lowest BCUT2D eigenvalue weighted by Gasteiger charge is -2.36. The van der Waals surface area contributed by atoms with Crippen LogP contribution in [-0.4, -0.2) is 301 Å². The topological polar surface area (TPSA) is 494 Å². The van der Waals surface area contributed by atoms with E-state index in [1.165, 1.54) is 12.8 Å². The monoisotopic (exact) mass is 1930 g/mol. The minimum atomic E-state index is -3.13. The molecule has 4 atom stereocenters. The van der Waals surface area contributed by atoms with Crippen molar-refractivity contribution in [3.63, 3.8) is 0 Å². The number of sulfone groups is 1. The van der Waals surface area contributed by atoms with Crippen LogP contribution in [0, 0.1) is 0 Å². The molecule has 8 fully saturated rings. The minimum Gasteiger partial charge on any atom is -0.382 e. The van der Waals surface area contributed by atoms with Crippen molar-refractivity contribution in [2.45, 2.75) is 141 Å². The number of nitrogens with zero attached hydrogens (tertiary/aromatic N) is 20. The first-order valence-electron chi connectivity index (χ1n) is 47.7. The minimum absolute atomic E-state index is 0.0461. The number of hydrogen-bond acceptors (Lipinski definition) is 31. The van der Waals surface area contributed by atoms with Gasteiger partial charge in [-0.05, 0) is 165 Å². The maximum atomic E-state index is 12.2. The number of urea groups is 4. The van der Waals surface area contributed by atoms with Gasteiger partial charge >= 0.3 is 24.1 Å². The van der Waals surface area contributed by atoms with Gasteiger partial charge < -0.3 is 120 Å². The van der Waals surface area contributed by atoms with E-state index in [1.54, 1.807) is 23.0 Å². The summed E-state index contributed by atoms with van der Waals surface area (Å²) >= 11 is 0. The number of carbonyl (C=O) groups is 4. The Balaban J connectivity index is 0.000000128. The molecule has 4 aromatic carbocycles. The summed E-state index contributed by atoms with van der Waals surface area (Å²) in [6.07, 6.45) is 6.19. The number of nitrogens with one attached hydrogen (secondary N) is 9. The maximum Gasteiger partial charge on any atom is 0.319 e. The van der Waals surface area contributed by atoms with Crippen LogP contribution >= 0.6 is 0 Å². The average Bonchev–Trinajstić information content (AvgIpc) is 1.61. The summed E-state index contributed by atoms with van der Waals surface area (Å²) < 4.78 is 63.4. The second-order valence-corrected chi connectivity index (χ2v) is 38.3. The molecule has 738 valence electrons. The Morgan fingerprint density at radius 3 is 1.24 bits per heavy atom. The van der Waals surface area contributed by atoms with Crippen LogP contribution in [0.1, 0.15) is 104 Å². The number of amides is 8. The lowest BCUT2D eigenvalue weighted by Crippen LogP contribution is -2.57. The van der Waals surface area contributed by atoms with Crippen molar-refractivity contribution >= 4 is 125 Å². The predicted octanol–water partition coefficient (Wildman–Crippen LogP) is 8.62. The molecular formula is C95H123N29O14S. The molecule has 44 heteroatoms. The standard InChI is InChI=1S/C26H35N7O4.C25H31N7O3.C23H30N8O3.C21H27N7O4S/c1-4-27-25(34)28-19-8-6-18(7-9-19)21-30-22-20(23(31-21)33-12-15-37-16-17(33)3)29-24(32(22)5-2)26(35)10-13-36-14-11-26;1-3-31-22(17-4-5-17)28-20-23(31)29-21(30-24(20)32-10-11-34-12-15(32)2)16-6-8-18(9-7-16)26-25(33)27-19-13-35-14-19;1-4-25-22(32)26-16-7-5-15(6-8-16)18-28-19-17(20(29-18)31-9-10-34-11-14(31)2)27-21(30(19)3)23(33)12-24-13-23;1-14-13-32-10-9-28(14)20-18-17(12-23-27(18)2)25-19(26-20)15-4-6-16(7-5-15)24-21(29)22-8-11-33(3,30)31/h6-9,17,35H,4-5,10-16H2,1-3H3,(H2,27,28,34);6-9,15,17,19H,3-5,10-14H2,1-2H3,(H2,26,27,33);5-8,14,24,33H,4,9-13H2,1-3H3,(H2,25,26,32);4-7,12,14H,8-11,13H2,1-3H3,(H2,22,24,29)/t17-;15-;2*14-/m0000/s1. The summed E-state index contributed by atoms with van der Waals surface area (Å²) in [4.78, 5) is 111. The maximum absolute atomic E-state index is 12.2. The van der Waals surface area contributed by atoms with Gasteiger partial charge in [0.15, 0.2) is 80.1 Å². The van der Waals surface area contributed by atoms with Crippen LogP contribution in [0.25, 0.3) is 90.1 Å². The van der Waals surface area contributed by atoms with E-state index >= 15 is 0 Å². The van der Waals surface area contributed by atoms with E-state index in [-0.39, 0.29) is 60.6 Å². The highest BCUT2D eigenvalue weighted by Gasteiger charge is 2.43. The van der Waals surface area contributed by atoms with Crippen LogP contribution in [0.3, 0.4) is 0 Å². The number of imidazole rings is 3. The Labute approximate surface area is 804 Å². The van der Waals surface area contributed by atoms with Crippen LogP contribution in [0.15, 0.2) is 103 Å². The van der Waals surface area contributed by atoms with Gasteiger partial charge in [-0.25, -0.2) is 82.4 Å². The second-order valence-electron chi connectivity index (χ2n) is 36.0. The fourth-order valence-corrected chi connectivity index (χ4v) is 18.2. The largest absolute Gasteiger partial charge is 0.382 e. The van der Waals surface area contributed by atoms with Crippen LogP contribution in [0.4, 0.5) is 65.2 Å². The Morgan fingerprint density at radius 1 is 0.446 bits per heavy atom. The Hall–Kier alpha value is -13.1. The van der Waals surface area contributed by atoms with Crippen molar-refractivity contribution in [2.75, 3.05) is 191 Å². The van der Waals surface area contributed by atoms with E-state index < -0.39 is 27.1 Å². The molecule has 15 heterocycles. The molecule has 20 rings (SSSR count). The number of aromatic nitrogens is 16. The van der Waals surface area contributed by atoms with Crippen molar-refractivity contribution in [1.29, 1.82) is 0 Å². The number of benzene rings is 4. The molecule has 43 nitrogen and oxygen atoms in total. The molecule has 11 N–H and O–H groups in total. The lowest BCUT2D eigenvalue weighted by atomic mass is 9.93. The van der Waals surface area contributed by atoms with Crippen molar-refractivity contribution < 1.29 is 66.2 Å². The molecule has 7 saturated heterocycles. The lowest BCUT2D eigenvalue weighted by molar-refractivity contribution is -0.0749. The first-order chi connectivity index (χ1) is 67.1. The molecule has 0 bridgehead atoms. The highest BCUT2D eigenvalue weighted by Crippen LogP contribution is 2.44. The van der Waals surface area contributed by atoms with Crippen molar-refractivity contribution in [2.24, 2.45) is 14.1 Å². The number of morpholine rings is 4. The van der Waals surface area contributed by atoms with E-state index in [1.807, 2.05) is 129 Å². The molecule has 1 saturated carbocycles. The van der Waals surface area contributed by atoms with Gasteiger partial charge in [0.2, 0.25) is 0 Å². The van der Waals surface area contributed by atoms with Crippen LogP contribution in [0.2, 0.25) is 0 Å². The molecule has 7 aliphatic heterocycles. The molecule has 12 aromatic rings. The Morgan fingerprint density at radius 2 is 0.842 bits per heavy atom. The summed E-state index contributed by atoms with van der Waals surface area (Å²) in [6.45, 7) is 29.9. The number of β-amino-alcohol motifs (C(OH)–C–C–N with tert-alkyl or cyclic N) is 1. The molecule has 0 spiro atoms. The summed E-state index contributed by atoms with van der Waals surface area (Å²) in [5, 5.41) is 52.0. The van der Waals surface area contributed by atoms with Gasteiger partial charge in [0.05, 0.1) is 108 Å². The number of fused-ring (bicyclic) bond motifs is 4. The second kappa shape index (κ2) is 42.7. The summed E-state index contributed by atoms with van der Waals surface area (Å²) in [5.41, 5.74) is 9.98. The first kappa shape index (κ1) is 97.6. The number of ether oxygens (including phenoxy) is 6. The third kappa shape index (κ3) is 22.2. The number of carbonyl (C=O) groups excluding carboxylic acids is 4. The molecule has 139 heavy (non-hydrogen) atoms. The zero-order valence-electron chi connectivity index (χ0n) is 80.2. The number of aryl methyl sites for hydroxylation is 4. The van der Waals surface area contributed by atoms with Crippen molar-refractivity contribution in [1.82, 2.24) is 105 Å². The van der Waals surface area contributed by atoms with Gasteiger partial charge in [-0.3, -0.25) is 4.68 Å². The van der Waals surface area contributed by atoms with Crippen LogP contribution in [-0.2, 0) is 76.6 Å².